The summed E-state index contributed by atoms with van der Waals surface area (Å²) in [7, 11) is 0. The summed E-state index contributed by atoms with van der Waals surface area (Å²) >= 11 is 0. The van der Waals surface area contributed by atoms with Crippen molar-refractivity contribution in [2.45, 2.75) is 25.7 Å². The molecular weight excluding hydrogens is 256 g/mol. The Labute approximate surface area is 117 Å². The molecular formula is C14H26FeO2. The van der Waals surface area contributed by atoms with Crippen molar-refractivity contribution in [2.75, 3.05) is 13.2 Å². The van der Waals surface area contributed by atoms with Gasteiger partial charge in [-0.25, -0.2) is 0 Å². The van der Waals surface area contributed by atoms with Gasteiger partial charge in [-0.1, -0.05) is 37.1 Å². The van der Waals surface area contributed by atoms with Crippen molar-refractivity contribution in [3.05, 3.63) is 39.2 Å². The van der Waals surface area contributed by atoms with E-state index < -0.39 is 0 Å². The minimum Gasteiger partial charge on any atom is -0.396 e. The van der Waals surface area contributed by atoms with Gasteiger partial charge in [0.25, 0.3) is 0 Å². The van der Waals surface area contributed by atoms with E-state index in [0.29, 0.717) is 18.4 Å². The van der Waals surface area contributed by atoms with Crippen LogP contribution in [0.2, 0.25) is 0 Å². The first-order chi connectivity index (χ1) is 6.86. The average molecular weight is 282 g/mol. The monoisotopic (exact) mass is 282 g/mol. The van der Waals surface area contributed by atoms with E-state index >= 15 is 0 Å². The van der Waals surface area contributed by atoms with E-state index in [2.05, 4.69) is 0 Å². The first kappa shape index (κ1) is 22.1. The van der Waals surface area contributed by atoms with Crippen LogP contribution in [0.4, 0.5) is 0 Å². The van der Waals surface area contributed by atoms with Crippen LogP contribution in [0.5, 0.6) is 0 Å². The Morgan fingerprint density at radius 2 is 1.35 bits per heavy atom. The van der Waals surface area contributed by atoms with Crippen molar-refractivity contribution in [2.24, 2.45) is 11.8 Å². The third-order valence-electron chi connectivity index (χ3n) is 2.77. The zero-order valence-electron chi connectivity index (χ0n) is 11.0. The summed E-state index contributed by atoms with van der Waals surface area (Å²) in [6.45, 7) is 0.660. The van der Waals surface area contributed by atoms with Gasteiger partial charge in [-0.05, 0) is 18.8 Å². The molecule has 0 unspecified atom stereocenters. The molecule has 2 rings (SSSR count). The Morgan fingerprint density at radius 3 is 1.59 bits per heavy atom. The second-order valence-electron chi connectivity index (χ2n) is 3.95. The Balaban J connectivity index is -0.000000196. The second kappa shape index (κ2) is 14.0. The van der Waals surface area contributed by atoms with Crippen molar-refractivity contribution >= 4 is 0 Å². The SMILES string of the molecule is OCC1C=CC=C1.OCC1CCCC1.[CH3-].[CH3-].[Fe+2]. The van der Waals surface area contributed by atoms with Crippen molar-refractivity contribution in [1.82, 2.24) is 0 Å². The maximum atomic E-state index is 8.57. The van der Waals surface area contributed by atoms with Crippen LogP contribution in [0.15, 0.2) is 24.3 Å². The average Bonchev–Trinajstić information content (AvgIpc) is 2.92. The molecule has 0 radical (unpaired) electrons. The molecule has 3 heteroatoms. The topological polar surface area (TPSA) is 40.5 Å². The van der Waals surface area contributed by atoms with Crippen LogP contribution in [0.1, 0.15) is 25.7 Å². The number of aliphatic hydroxyl groups excluding tert-OH is 2. The molecule has 17 heavy (non-hydrogen) atoms. The van der Waals surface area contributed by atoms with E-state index in [4.69, 9.17) is 10.2 Å². The van der Waals surface area contributed by atoms with Gasteiger partial charge in [0.2, 0.25) is 0 Å². The van der Waals surface area contributed by atoms with Crippen molar-refractivity contribution in [3.8, 4) is 0 Å². The van der Waals surface area contributed by atoms with Crippen LogP contribution in [0.25, 0.3) is 0 Å². The molecule has 2 nitrogen and oxygen atoms in total. The smallest absolute Gasteiger partial charge is 0.396 e. The third kappa shape index (κ3) is 9.61. The Kier molecular flexibility index (Phi) is 18.2. The van der Waals surface area contributed by atoms with Gasteiger partial charge in [0, 0.05) is 12.5 Å². The molecule has 0 aliphatic heterocycles. The molecule has 2 N–H and O–H groups in total. The minimum atomic E-state index is 0. The molecule has 0 saturated heterocycles. The number of hydrogen-bond donors (Lipinski definition) is 2. The fourth-order valence-corrected chi connectivity index (χ4v) is 1.79. The van der Waals surface area contributed by atoms with Gasteiger partial charge in [0.05, 0.1) is 6.61 Å². The molecule has 2 aliphatic rings. The summed E-state index contributed by atoms with van der Waals surface area (Å²) in [4.78, 5) is 0. The van der Waals surface area contributed by atoms with Gasteiger partial charge < -0.3 is 25.1 Å². The maximum absolute atomic E-state index is 8.57. The number of hydrogen-bond acceptors (Lipinski definition) is 2. The molecule has 0 amide bonds. The standard InChI is InChI=1S/C6H12O.C6H8O.2CH3.Fe/c2*7-5-6-3-1-2-4-6;;;/h6-7H,1-5H2;1-4,6-7H,5H2;2*1H3;/q;;2*-1;+2. The van der Waals surface area contributed by atoms with E-state index in [1.54, 1.807) is 0 Å². The number of aliphatic hydroxyl groups is 2. The van der Waals surface area contributed by atoms with Crippen LogP contribution in [-0.4, -0.2) is 23.4 Å². The van der Waals surface area contributed by atoms with E-state index in [1.165, 1.54) is 25.7 Å². The molecule has 0 heterocycles. The summed E-state index contributed by atoms with van der Waals surface area (Å²) in [6, 6.07) is 0. The summed E-state index contributed by atoms with van der Waals surface area (Å²) in [5.74, 6) is 0.944. The zero-order valence-corrected chi connectivity index (χ0v) is 12.1. The molecule has 1 fully saturated rings. The van der Waals surface area contributed by atoms with Gasteiger partial charge in [-0.15, -0.1) is 0 Å². The predicted octanol–water partition coefficient (Wildman–Crippen LogP) is 2.79. The molecule has 102 valence electrons. The van der Waals surface area contributed by atoms with Gasteiger partial charge in [-0.2, -0.15) is 0 Å². The van der Waals surface area contributed by atoms with E-state index in [0.717, 1.165) is 0 Å². The summed E-state index contributed by atoms with van der Waals surface area (Å²) < 4.78 is 0. The van der Waals surface area contributed by atoms with Crippen LogP contribution >= 0.6 is 0 Å². The molecule has 0 bridgehead atoms. The molecule has 1 saturated carbocycles. The van der Waals surface area contributed by atoms with Gasteiger partial charge in [0.1, 0.15) is 0 Å². The van der Waals surface area contributed by atoms with E-state index in [9.17, 15) is 0 Å². The number of rotatable bonds is 2. The molecule has 0 aromatic rings. The molecule has 0 aromatic carbocycles. The fourth-order valence-electron chi connectivity index (χ4n) is 1.79. The minimum absolute atomic E-state index is 0. The van der Waals surface area contributed by atoms with Crippen LogP contribution in [0.3, 0.4) is 0 Å². The Bertz CT molecular complexity index is 184. The first-order valence-electron chi connectivity index (χ1n) is 5.43. The Morgan fingerprint density at radius 1 is 0.882 bits per heavy atom. The van der Waals surface area contributed by atoms with Crippen LogP contribution in [-0.2, 0) is 17.1 Å². The van der Waals surface area contributed by atoms with E-state index in [1.807, 2.05) is 24.3 Å². The maximum Gasteiger partial charge on any atom is 2.00 e. The first-order valence-corrected chi connectivity index (χ1v) is 5.43. The third-order valence-corrected chi connectivity index (χ3v) is 2.77. The Hall–Kier alpha value is -0.0805. The van der Waals surface area contributed by atoms with Gasteiger partial charge in [-0.3, -0.25) is 0 Å². The van der Waals surface area contributed by atoms with E-state index in [-0.39, 0.29) is 38.5 Å². The van der Waals surface area contributed by atoms with Crippen molar-refractivity contribution < 1.29 is 27.3 Å². The predicted molar refractivity (Wildman–Crippen MR) is 70.7 cm³/mol. The van der Waals surface area contributed by atoms with Crippen molar-refractivity contribution in [3.63, 3.8) is 0 Å². The quantitative estimate of drug-likeness (QED) is 0.604. The fraction of sp³-hybridized carbons (Fsp3) is 0.571. The molecule has 0 atom stereocenters. The molecule has 2 aliphatic carbocycles. The summed E-state index contributed by atoms with van der Waals surface area (Å²) in [5, 5.41) is 17.0. The normalized spacial score (nSPS) is 17.5. The second-order valence-corrected chi connectivity index (χ2v) is 3.95. The van der Waals surface area contributed by atoms with Gasteiger partial charge >= 0.3 is 17.1 Å². The molecule has 0 spiro atoms. The van der Waals surface area contributed by atoms with Crippen LogP contribution < -0.4 is 0 Å². The zero-order chi connectivity index (χ0) is 10.2. The summed E-state index contributed by atoms with van der Waals surface area (Å²) in [6.07, 6.45) is 13.0. The van der Waals surface area contributed by atoms with Gasteiger partial charge in [0.15, 0.2) is 0 Å². The van der Waals surface area contributed by atoms with Crippen molar-refractivity contribution in [1.29, 1.82) is 0 Å². The molecule has 0 aromatic heterocycles. The largest absolute Gasteiger partial charge is 2.00 e. The van der Waals surface area contributed by atoms with Crippen LogP contribution in [0, 0.1) is 26.7 Å². The summed E-state index contributed by atoms with van der Waals surface area (Å²) in [5.41, 5.74) is 0. The number of allylic oxidation sites excluding steroid dienone is 2.